The van der Waals surface area contributed by atoms with Crippen molar-refractivity contribution >= 4 is 0 Å². The van der Waals surface area contributed by atoms with E-state index in [2.05, 4.69) is 0 Å². The second kappa shape index (κ2) is 3.12. The van der Waals surface area contributed by atoms with Crippen LogP contribution in [0.2, 0.25) is 0 Å². The van der Waals surface area contributed by atoms with Crippen LogP contribution in [0.15, 0.2) is 0 Å². The van der Waals surface area contributed by atoms with E-state index in [4.69, 9.17) is 10.8 Å². The van der Waals surface area contributed by atoms with Gasteiger partial charge in [-0.3, -0.25) is 0 Å². The lowest BCUT2D eigenvalue weighted by molar-refractivity contribution is 0.212. The fraction of sp³-hybridized carbons (Fsp3) is 0.750. The summed E-state index contributed by atoms with van der Waals surface area (Å²) in [6.07, 6.45) is 1.73. The van der Waals surface area contributed by atoms with Gasteiger partial charge in [0, 0.05) is 6.42 Å². The Balaban J connectivity index is 2.63. The topological polar surface area (TPSA) is 46.2 Å². The lowest BCUT2D eigenvalue weighted by Crippen LogP contribution is -2.18. The molecule has 0 aliphatic carbocycles. The summed E-state index contributed by atoms with van der Waals surface area (Å²) in [5.74, 6) is 0. The maximum absolute atomic E-state index is 8.27. The van der Waals surface area contributed by atoms with Crippen molar-refractivity contribution in [3.8, 4) is 0 Å². The molecule has 0 saturated carbocycles. The van der Waals surface area contributed by atoms with Gasteiger partial charge in [-0.25, -0.2) is 0 Å². The fourth-order valence-corrected chi connectivity index (χ4v) is 0.241. The molecule has 0 amide bonds. The van der Waals surface area contributed by atoms with Crippen LogP contribution in [0, 0.1) is 6.42 Å². The molecule has 0 saturated heterocycles. The predicted molar refractivity (Wildman–Crippen MR) is 24.8 cm³/mol. The molecule has 0 aliphatic rings. The van der Waals surface area contributed by atoms with E-state index in [1.54, 1.807) is 6.42 Å². The first-order valence-electron chi connectivity index (χ1n) is 2.04. The number of hydrogen-bond donors (Lipinski definition) is 2. The Bertz CT molecular complexity index is 28.7. The van der Waals surface area contributed by atoms with Gasteiger partial charge in [0.15, 0.2) is 0 Å². The lowest BCUT2D eigenvalue weighted by atomic mass is 10.3. The molecule has 1 atom stereocenters. The van der Waals surface area contributed by atoms with E-state index in [1.807, 2.05) is 6.92 Å². The normalized spacial score (nSPS) is 14.5. The van der Waals surface area contributed by atoms with E-state index in [9.17, 15) is 0 Å². The third-order valence-electron chi connectivity index (χ3n) is 0.477. The summed E-state index contributed by atoms with van der Waals surface area (Å²) in [6.45, 7) is 1.93. The van der Waals surface area contributed by atoms with Gasteiger partial charge in [0.05, 0.1) is 0 Å². The smallest absolute Gasteiger partial charge is 0.105 e. The molecule has 6 heavy (non-hydrogen) atoms. The highest BCUT2D eigenvalue weighted by molar-refractivity contribution is 4.65. The third-order valence-corrected chi connectivity index (χ3v) is 0.477. The molecule has 0 aromatic heterocycles. The highest BCUT2D eigenvalue weighted by Gasteiger charge is 1.87. The second-order valence-electron chi connectivity index (χ2n) is 1.13. The van der Waals surface area contributed by atoms with Crippen LogP contribution in [0.1, 0.15) is 13.3 Å². The Morgan fingerprint density at radius 3 is 2.50 bits per heavy atom. The summed E-state index contributed by atoms with van der Waals surface area (Å²) in [5, 5.41) is 8.27. The van der Waals surface area contributed by atoms with Crippen molar-refractivity contribution < 1.29 is 5.11 Å². The van der Waals surface area contributed by atoms with E-state index in [-0.39, 0.29) is 0 Å². The molecule has 0 aliphatic heterocycles. The molecule has 2 heteroatoms. The molecule has 0 bridgehead atoms. The van der Waals surface area contributed by atoms with Crippen LogP contribution >= 0.6 is 0 Å². The molecule has 3 N–H and O–H groups in total. The van der Waals surface area contributed by atoms with Crippen LogP contribution in [0.25, 0.3) is 0 Å². The van der Waals surface area contributed by atoms with Crippen molar-refractivity contribution in [3.63, 3.8) is 0 Å². The molecule has 0 unspecified atom stereocenters. The monoisotopic (exact) mass is 88.1 g/mol. The molecule has 2 nitrogen and oxygen atoms in total. The fourth-order valence-electron chi connectivity index (χ4n) is 0.241. The average Bonchev–Trinajstić information content (AvgIpc) is 1.35. The quantitative estimate of drug-likeness (QED) is 0.462. The van der Waals surface area contributed by atoms with Gasteiger partial charge >= 0.3 is 0 Å². The van der Waals surface area contributed by atoms with Gasteiger partial charge in [-0.1, -0.05) is 6.92 Å². The van der Waals surface area contributed by atoms with E-state index >= 15 is 0 Å². The first-order chi connectivity index (χ1) is 2.77. The van der Waals surface area contributed by atoms with Crippen molar-refractivity contribution in [2.45, 2.75) is 19.6 Å². The van der Waals surface area contributed by atoms with Crippen LogP contribution in [0.4, 0.5) is 0 Å². The summed E-state index contributed by atoms with van der Waals surface area (Å²) < 4.78 is 0. The molecule has 0 aromatic rings. The molecule has 0 heterocycles. The molecule has 0 aromatic carbocycles. The average molecular weight is 88.1 g/mol. The van der Waals surface area contributed by atoms with E-state index in [0.717, 1.165) is 6.42 Å². The molecule has 0 rings (SSSR count). The van der Waals surface area contributed by atoms with Crippen molar-refractivity contribution in [2.75, 3.05) is 0 Å². The van der Waals surface area contributed by atoms with E-state index in [1.165, 1.54) is 0 Å². The molecule has 0 spiro atoms. The molecule has 0 fully saturated rings. The minimum absolute atomic E-state index is 0.727. The standard InChI is InChI=1S/C4H10NO/c1-2-3-4(5)6/h3-4,6H,2,5H2,1H3/t4-/m0/s1. The number of rotatable bonds is 2. The zero-order valence-corrected chi connectivity index (χ0v) is 3.89. The largest absolute Gasteiger partial charge is 0.379 e. The Hall–Kier alpha value is -0.0800. The van der Waals surface area contributed by atoms with Gasteiger partial charge in [-0.2, -0.15) is 0 Å². The van der Waals surface area contributed by atoms with Crippen LogP contribution in [-0.2, 0) is 0 Å². The van der Waals surface area contributed by atoms with Crippen molar-refractivity contribution in [1.29, 1.82) is 0 Å². The predicted octanol–water partition coefficient (Wildman–Crippen LogP) is -0.122. The molecular formula is C4H10NO. The number of nitrogens with two attached hydrogens (primary N) is 1. The van der Waals surface area contributed by atoms with Gasteiger partial charge < -0.3 is 10.8 Å². The van der Waals surface area contributed by atoms with Gasteiger partial charge in [0.1, 0.15) is 6.23 Å². The van der Waals surface area contributed by atoms with Crippen molar-refractivity contribution in [3.05, 3.63) is 6.42 Å². The Morgan fingerprint density at radius 1 is 2.00 bits per heavy atom. The minimum Gasteiger partial charge on any atom is -0.379 e. The first kappa shape index (κ1) is 5.92. The Morgan fingerprint density at radius 2 is 2.50 bits per heavy atom. The SMILES string of the molecule is CC[CH][C@@H](N)O. The lowest BCUT2D eigenvalue weighted by Gasteiger charge is -1.95. The van der Waals surface area contributed by atoms with Crippen LogP contribution in [0.5, 0.6) is 0 Å². The maximum atomic E-state index is 8.27. The summed E-state index contributed by atoms with van der Waals surface area (Å²) in [4.78, 5) is 0. The number of aliphatic hydroxyl groups excluding tert-OH is 1. The summed E-state index contributed by atoms with van der Waals surface area (Å²) >= 11 is 0. The Kier molecular flexibility index (Phi) is 3.08. The summed E-state index contributed by atoms with van der Waals surface area (Å²) in [7, 11) is 0. The zero-order chi connectivity index (χ0) is 4.99. The number of aliphatic hydroxyl groups is 1. The first-order valence-corrected chi connectivity index (χ1v) is 2.04. The molecular weight excluding hydrogens is 78.0 g/mol. The van der Waals surface area contributed by atoms with Gasteiger partial charge in [-0.15, -0.1) is 0 Å². The van der Waals surface area contributed by atoms with Crippen LogP contribution < -0.4 is 5.73 Å². The zero-order valence-electron chi connectivity index (χ0n) is 3.89. The van der Waals surface area contributed by atoms with Crippen LogP contribution in [-0.4, -0.2) is 11.3 Å². The van der Waals surface area contributed by atoms with Crippen molar-refractivity contribution in [2.24, 2.45) is 5.73 Å². The van der Waals surface area contributed by atoms with Gasteiger partial charge in [0.25, 0.3) is 0 Å². The summed E-state index contributed by atoms with van der Waals surface area (Å²) in [6, 6.07) is 0. The minimum atomic E-state index is -0.727. The third kappa shape index (κ3) is 3.92. The van der Waals surface area contributed by atoms with Gasteiger partial charge in [0.2, 0.25) is 0 Å². The van der Waals surface area contributed by atoms with Crippen molar-refractivity contribution in [1.82, 2.24) is 0 Å². The second-order valence-corrected chi connectivity index (χ2v) is 1.13. The van der Waals surface area contributed by atoms with Gasteiger partial charge in [-0.05, 0) is 6.42 Å². The highest BCUT2D eigenvalue weighted by atomic mass is 16.3. The molecule has 1 radical (unpaired) electrons. The number of hydrogen-bond acceptors (Lipinski definition) is 2. The van der Waals surface area contributed by atoms with E-state index < -0.39 is 6.23 Å². The maximum Gasteiger partial charge on any atom is 0.105 e. The van der Waals surface area contributed by atoms with E-state index in [0.29, 0.717) is 0 Å². The Labute approximate surface area is 38.0 Å². The summed E-state index contributed by atoms with van der Waals surface area (Å²) in [5.41, 5.74) is 4.90. The highest BCUT2D eigenvalue weighted by Crippen LogP contribution is 1.83. The van der Waals surface area contributed by atoms with Crippen LogP contribution in [0.3, 0.4) is 0 Å². The molecule has 37 valence electrons.